The molecule has 0 spiro atoms. The lowest BCUT2D eigenvalue weighted by molar-refractivity contribution is -0.116. The van der Waals surface area contributed by atoms with Crippen LogP contribution in [0.5, 0.6) is 11.5 Å². The fraction of sp³-hybridized carbons (Fsp3) is 0.391. The van der Waals surface area contributed by atoms with Crippen LogP contribution in [-0.4, -0.2) is 32.2 Å². The lowest BCUT2D eigenvalue weighted by Crippen LogP contribution is -2.13. The van der Waals surface area contributed by atoms with Gasteiger partial charge in [0.2, 0.25) is 5.91 Å². The number of nitrogens with one attached hydrogen (secondary N) is 1. The van der Waals surface area contributed by atoms with E-state index in [-0.39, 0.29) is 17.8 Å². The standard InChI is InChI=1S/C23H29NO5/c1-5-28-20-12-6-17(14-21(20)27-4)7-13-22(25)24-19-10-8-18(9-11-19)23(26)29-15-16(2)3/h6,8-12,14,16H,5,7,13,15H2,1-4H3,(H,24,25). The van der Waals surface area contributed by atoms with Crippen molar-refractivity contribution in [1.82, 2.24) is 0 Å². The summed E-state index contributed by atoms with van der Waals surface area (Å²) in [5.41, 5.74) is 2.09. The topological polar surface area (TPSA) is 73.9 Å². The summed E-state index contributed by atoms with van der Waals surface area (Å²) in [4.78, 5) is 24.2. The lowest BCUT2D eigenvalue weighted by Gasteiger charge is -2.11. The minimum absolute atomic E-state index is 0.104. The molecule has 0 aromatic heterocycles. The molecule has 0 heterocycles. The smallest absolute Gasteiger partial charge is 0.338 e. The van der Waals surface area contributed by atoms with Crippen molar-refractivity contribution >= 4 is 17.6 Å². The number of carbonyl (C=O) groups excluding carboxylic acids is 2. The second-order valence-corrected chi connectivity index (χ2v) is 7.04. The Labute approximate surface area is 172 Å². The average Bonchev–Trinajstić information content (AvgIpc) is 2.72. The van der Waals surface area contributed by atoms with E-state index in [0.29, 0.717) is 48.8 Å². The Bertz CT molecular complexity index is 815. The van der Waals surface area contributed by atoms with Crippen LogP contribution in [-0.2, 0) is 16.0 Å². The minimum atomic E-state index is -0.360. The monoisotopic (exact) mass is 399 g/mol. The number of rotatable bonds is 10. The molecule has 0 saturated carbocycles. The maximum absolute atomic E-state index is 12.2. The summed E-state index contributed by atoms with van der Waals surface area (Å²) < 4.78 is 16.0. The van der Waals surface area contributed by atoms with Gasteiger partial charge in [0.15, 0.2) is 11.5 Å². The molecule has 2 aromatic carbocycles. The first-order chi connectivity index (χ1) is 13.9. The van der Waals surface area contributed by atoms with Crippen molar-refractivity contribution in [2.75, 3.05) is 25.6 Å². The largest absolute Gasteiger partial charge is 0.493 e. The predicted molar refractivity (Wildman–Crippen MR) is 113 cm³/mol. The van der Waals surface area contributed by atoms with Gasteiger partial charge in [0.25, 0.3) is 0 Å². The van der Waals surface area contributed by atoms with E-state index < -0.39 is 0 Å². The maximum Gasteiger partial charge on any atom is 0.338 e. The summed E-state index contributed by atoms with van der Waals surface area (Å²) in [6.07, 6.45) is 0.906. The molecule has 6 heteroatoms. The van der Waals surface area contributed by atoms with Crippen LogP contribution < -0.4 is 14.8 Å². The Morgan fingerprint density at radius 1 is 1.03 bits per heavy atom. The molecule has 156 valence electrons. The molecular weight excluding hydrogens is 370 g/mol. The van der Waals surface area contributed by atoms with Gasteiger partial charge >= 0.3 is 5.97 Å². The molecule has 0 atom stereocenters. The second-order valence-electron chi connectivity index (χ2n) is 7.04. The van der Waals surface area contributed by atoms with E-state index >= 15 is 0 Å². The van der Waals surface area contributed by atoms with Gasteiger partial charge in [0.1, 0.15) is 0 Å². The molecular formula is C23H29NO5. The summed E-state index contributed by atoms with van der Waals surface area (Å²) in [5, 5.41) is 2.84. The van der Waals surface area contributed by atoms with Crippen molar-refractivity contribution < 1.29 is 23.8 Å². The highest BCUT2D eigenvalue weighted by atomic mass is 16.5. The SMILES string of the molecule is CCOc1ccc(CCC(=O)Nc2ccc(C(=O)OCC(C)C)cc2)cc1OC. The average molecular weight is 399 g/mol. The first-order valence-corrected chi connectivity index (χ1v) is 9.79. The highest BCUT2D eigenvalue weighted by molar-refractivity contribution is 5.93. The van der Waals surface area contributed by atoms with Gasteiger partial charge in [-0.1, -0.05) is 19.9 Å². The summed E-state index contributed by atoms with van der Waals surface area (Å²) in [6, 6.07) is 12.4. The molecule has 2 aromatic rings. The second kappa shape index (κ2) is 11.1. The fourth-order valence-electron chi connectivity index (χ4n) is 2.64. The molecule has 6 nitrogen and oxygen atoms in total. The van der Waals surface area contributed by atoms with Crippen LogP contribution in [0.2, 0.25) is 0 Å². The molecule has 0 aliphatic heterocycles. The Morgan fingerprint density at radius 2 is 1.76 bits per heavy atom. The van der Waals surface area contributed by atoms with Gasteiger partial charge in [-0.3, -0.25) is 4.79 Å². The van der Waals surface area contributed by atoms with E-state index in [0.717, 1.165) is 5.56 Å². The van der Waals surface area contributed by atoms with E-state index in [1.807, 2.05) is 39.0 Å². The van der Waals surface area contributed by atoms with E-state index in [4.69, 9.17) is 14.2 Å². The zero-order valence-corrected chi connectivity index (χ0v) is 17.5. The maximum atomic E-state index is 12.2. The van der Waals surface area contributed by atoms with Crippen molar-refractivity contribution in [1.29, 1.82) is 0 Å². The van der Waals surface area contributed by atoms with Gasteiger partial charge in [-0.2, -0.15) is 0 Å². The Hall–Kier alpha value is -3.02. The molecule has 0 aliphatic rings. The summed E-state index contributed by atoms with van der Waals surface area (Å²) in [7, 11) is 1.59. The van der Waals surface area contributed by atoms with Crippen molar-refractivity contribution in [2.45, 2.75) is 33.6 Å². The Morgan fingerprint density at radius 3 is 2.38 bits per heavy atom. The Kier molecular flexibility index (Phi) is 8.52. The van der Waals surface area contributed by atoms with Gasteiger partial charge in [-0.05, 0) is 61.2 Å². The highest BCUT2D eigenvalue weighted by Crippen LogP contribution is 2.28. The zero-order valence-electron chi connectivity index (χ0n) is 17.5. The van der Waals surface area contributed by atoms with Gasteiger partial charge in [0, 0.05) is 12.1 Å². The number of methoxy groups -OCH3 is 1. The van der Waals surface area contributed by atoms with Crippen LogP contribution >= 0.6 is 0 Å². The molecule has 1 N–H and O–H groups in total. The van der Waals surface area contributed by atoms with Crippen LogP contribution in [0.4, 0.5) is 5.69 Å². The van der Waals surface area contributed by atoms with Gasteiger partial charge in [-0.15, -0.1) is 0 Å². The number of ether oxygens (including phenoxy) is 3. The van der Waals surface area contributed by atoms with E-state index in [2.05, 4.69) is 5.32 Å². The zero-order chi connectivity index (χ0) is 21.2. The number of benzene rings is 2. The number of esters is 1. The van der Waals surface area contributed by atoms with E-state index in [9.17, 15) is 9.59 Å². The van der Waals surface area contributed by atoms with Crippen LogP contribution in [0.15, 0.2) is 42.5 Å². The van der Waals surface area contributed by atoms with Gasteiger partial charge in [0.05, 0.1) is 25.9 Å². The minimum Gasteiger partial charge on any atom is -0.493 e. The van der Waals surface area contributed by atoms with Crippen LogP contribution in [0.1, 0.15) is 43.1 Å². The quantitative estimate of drug-likeness (QED) is 0.597. The molecule has 0 saturated heterocycles. The normalized spacial score (nSPS) is 10.5. The molecule has 0 fully saturated rings. The van der Waals surface area contributed by atoms with Crippen molar-refractivity contribution in [2.24, 2.45) is 5.92 Å². The molecule has 0 aliphatic carbocycles. The molecule has 29 heavy (non-hydrogen) atoms. The first kappa shape index (κ1) is 22.3. The molecule has 2 rings (SSSR count). The van der Waals surface area contributed by atoms with E-state index in [1.54, 1.807) is 31.4 Å². The van der Waals surface area contributed by atoms with Crippen molar-refractivity contribution in [3.63, 3.8) is 0 Å². The summed E-state index contributed by atoms with van der Waals surface area (Å²) in [6.45, 7) is 6.82. The number of anilines is 1. The number of hydrogen-bond donors (Lipinski definition) is 1. The molecule has 1 amide bonds. The van der Waals surface area contributed by atoms with E-state index in [1.165, 1.54) is 0 Å². The third-order valence-electron chi connectivity index (χ3n) is 4.12. The van der Waals surface area contributed by atoms with Crippen LogP contribution in [0.25, 0.3) is 0 Å². The third-order valence-corrected chi connectivity index (χ3v) is 4.12. The van der Waals surface area contributed by atoms with Crippen LogP contribution in [0.3, 0.4) is 0 Å². The summed E-state index contributed by atoms with van der Waals surface area (Å²) in [5.74, 6) is 1.17. The van der Waals surface area contributed by atoms with Gasteiger partial charge in [-0.25, -0.2) is 4.79 Å². The number of amides is 1. The van der Waals surface area contributed by atoms with Crippen LogP contribution in [0, 0.1) is 5.92 Å². The third kappa shape index (κ3) is 7.14. The molecule has 0 radical (unpaired) electrons. The van der Waals surface area contributed by atoms with Crippen molar-refractivity contribution in [3.05, 3.63) is 53.6 Å². The Balaban J connectivity index is 1.87. The predicted octanol–water partition coefficient (Wildman–Crippen LogP) is 4.48. The lowest BCUT2D eigenvalue weighted by atomic mass is 10.1. The summed E-state index contributed by atoms with van der Waals surface area (Å²) >= 11 is 0. The molecule has 0 unspecified atom stereocenters. The number of carbonyl (C=O) groups is 2. The fourth-order valence-corrected chi connectivity index (χ4v) is 2.64. The number of hydrogen-bond acceptors (Lipinski definition) is 5. The highest BCUT2D eigenvalue weighted by Gasteiger charge is 2.10. The first-order valence-electron chi connectivity index (χ1n) is 9.79. The van der Waals surface area contributed by atoms with Gasteiger partial charge < -0.3 is 19.5 Å². The number of aryl methyl sites for hydroxylation is 1. The molecule has 0 bridgehead atoms. The van der Waals surface area contributed by atoms with Crippen molar-refractivity contribution in [3.8, 4) is 11.5 Å².